The largest absolute Gasteiger partial charge is 0.380 e. The van der Waals surface area contributed by atoms with Crippen molar-refractivity contribution in [3.05, 3.63) is 17.7 Å². The standard InChI is InChI=1S/C11H17N3OS/c1-4-15-5-2-12-10(1)11-13-7-9-8-16-6-3-14(9)11/h7,10,12H,1-6,8H2. The lowest BCUT2D eigenvalue weighted by atomic mass is 10.2. The maximum atomic E-state index is 5.46. The number of aromatic nitrogens is 2. The number of thioether (sulfide) groups is 1. The van der Waals surface area contributed by atoms with E-state index in [0.29, 0.717) is 6.04 Å². The van der Waals surface area contributed by atoms with E-state index in [-0.39, 0.29) is 0 Å². The Balaban J connectivity index is 1.84. The van der Waals surface area contributed by atoms with Gasteiger partial charge in [-0.05, 0) is 6.42 Å². The van der Waals surface area contributed by atoms with Crippen molar-refractivity contribution in [1.82, 2.24) is 14.9 Å². The number of hydrogen-bond donors (Lipinski definition) is 1. The molecule has 2 aliphatic rings. The van der Waals surface area contributed by atoms with Crippen LogP contribution in [0.4, 0.5) is 0 Å². The van der Waals surface area contributed by atoms with E-state index in [2.05, 4.69) is 14.9 Å². The van der Waals surface area contributed by atoms with Crippen molar-refractivity contribution >= 4 is 11.8 Å². The van der Waals surface area contributed by atoms with Gasteiger partial charge in [0, 0.05) is 43.1 Å². The first-order chi connectivity index (χ1) is 7.95. The molecule has 0 amide bonds. The fourth-order valence-electron chi connectivity index (χ4n) is 2.34. The summed E-state index contributed by atoms with van der Waals surface area (Å²) in [6.45, 7) is 3.70. The highest BCUT2D eigenvalue weighted by molar-refractivity contribution is 7.98. The summed E-state index contributed by atoms with van der Waals surface area (Å²) in [6, 6.07) is 0.374. The fourth-order valence-corrected chi connectivity index (χ4v) is 3.24. The van der Waals surface area contributed by atoms with Crippen molar-refractivity contribution in [2.24, 2.45) is 0 Å². The van der Waals surface area contributed by atoms with E-state index in [1.807, 2.05) is 18.0 Å². The van der Waals surface area contributed by atoms with Gasteiger partial charge in [0.15, 0.2) is 0 Å². The first kappa shape index (κ1) is 10.6. The van der Waals surface area contributed by atoms with E-state index < -0.39 is 0 Å². The molecule has 1 fully saturated rings. The van der Waals surface area contributed by atoms with Crippen LogP contribution in [0, 0.1) is 0 Å². The summed E-state index contributed by atoms with van der Waals surface area (Å²) in [4.78, 5) is 4.59. The Hall–Kier alpha value is -0.520. The van der Waals surface area contributed by atoms with Crippen LogP contribution in [0.25, 0.3) is 0 Å². The second-order valence-electron chi connectivity index (χ2n) is 4.22. The average Bonchev–Trinajstić information content (AvgIpc) is 2.57. The Morgan fingerprint density at radius 2 is 2.50 bits per heavy atom. The van der Waals surface area contributed by atoms with Gasteiger partial charge in [0.1, 0.15) is 5.82 Å². The van der Waals surface area contributed by atoms with E-state index >= 15 is 0 Å². The van der Waals surface area contributed by atoms with E-state index in [1.54, 1.807) is 0 Å². The highest BCUT2D eigenvalue weighted by atomic mass is 32.2. The maximum Gasteiger partial charge on any atom is 0.126 e. The van der Waals surface area contributed by atoms with Crippen LogP contribution >= 0.6 is 11.8 Å². The molecule has 0 aliphatic carbocycles. The molecule has 16 heavy (non-hydrogen) atoms. The predicted octanol–water partition coefficient (Wildman–Crippen LogP) is 1.18. The summed E-state index contributed by atoms with van der Waals surface area (Å²) in [7, 11) is 0. The third kappa shape index (κ3) is 1.99. The fraction of sp³-hybridized carbons (Fsp3) is 0.727. The lowest BCUT2D eigenvalue weighted by Gasteiger charge is -2.21. The Morgan fingerprint density at radius 1 is 1.50 bits per heavy atom. The van der Waals surface area contributed by atoms with E-state index in [9.17, 15) is 0 Å². The molecule has 0 bridgehead atoms. The van der Waals surface area contributed by atoms with Crippen LogP contribution in [-0.2, 0) is 17.0 Å². The van der Waals surface area contributed by atoms with Crippen molar-refractivity contribution in [2.75, 3.05) is 25.5 Å². The molecule has 3 rings (SSSR count). The lowest BCUT2D eigenvalue weighted by Crippen LogP contribution is -2.26. The van der Waals surface area contributed by atoms with Crippen LogP contribution in [0.15, 0.2) is 6.20 Å². The minimum atomic E-state index is 0.374. The normalized spacial score (nSPS) is 26.1. The Bertz CT molecular complexity index is 358. The Labute approximate surface area is 99.8 Å². The third-order valence-electron chi connectivity index (χ3n) is 3.18. The van der Waals surface area contributed by atoms with Gasteiger partial charge in [0.25, 0.3) is 0 Å². The molecule has 3 heterocycles. The van der Waals surface area contributed by atoms with E-state index in [1.165, 1.54) is 17.3 Å². The highest BCUT2D eigenvalue weighted by Crippen LogP contribution is 2.25. The average molecular weight is 239 g/mol. The molecule has 1 N–H and O–H groups in total. The minimum absolute atomic E-state index is 0.374. The minimum Gasteiger partial charge on any atom is -0.380 e. The molecule has 0 spiro atoms. The van der Waals surface area contributed by atoms with Crippen LogP contribution in [0.1, 0.15) is 24.0 Å². The molecule has 1 aromatic heterocycles. The zero-order valence-corrected chi connectivity index (χ0v) is 10.1. The summed E-state index contributed by atoms with van der Waals surface area (Å²) >= 11 is 2.00. The summed E-state index contributed by atoms with van der Waals surface area (Å²) in [5, 5.41) is 3.52. The molecular weight excluding hydrogens is 222 g/mol. The SMILES string of the molecule is c1nc(C2CCOCCN2)n2c1CSCC2. The Morgan fingerprint density at radius 3 is 3.50 bits per heavy atom. The van der Waals surface area contributed by atoms with Crippen molar-refractivity contribution in [3.63, 3.8) is 0 Å². The second-order valence-corrected chi connectivity index (χ2v) is 5.32. The number of fused-ring (bicyclic) bond motifs is 1. The maximum absolute atomic E-state index is 5.46. The number of nitrogens with zero attached hydrogens (tertiary/aromatic N) is 2. The van der Waals surface area contributed by atoms with Gasteiger partial charge in [0.05, 0.1) is 12.6 Å². The Kier molecular flexibility index (Phi) is 3.17. The van der Waals surface area contributed by atoms with Gasteiger partial charge >= 0.3 is 0 Å². The van der Waals surface area contributed by atoms with Crippen molar-refractivity contribution < 1.29 is 4.74 Å². The van der Waals surface area contributed by atoms with Gasteiger partial charge < -0.3 is 14.6 Å². The molecule has 5 heteroatoms. The number of rotatable bonds is 1. The number of hydrogen-bond acceptors (Lipinski definition) is 4. The monoisotopic (exact) mass is 239 g/mol. The molecular formula is C11H17N3OS. The van der Waals surface area contributed by atoms with E-state index in [0.717, 1.165) is 38.5 Å². The van der Waals surface area contributed by atoms with Crippen molar-refractivity contribution in [2.45, 2.75) is 24.8 Å². The molecule has 1 saturated heterocycles. The van der Waals surface area contributed by atoms with Crippen LogP contribution in [0.5, 0.6) is 0 Å². The van der Waals surface area contributed by atoms with Gasteiger partial charge in [-0.15, -0.1) is 0 Å². The predicted molar refractivity (Wildman–Crippen MR) is 64.6 cm³/mol. The molecule has 1 unspecified atom stereocenters. The number of nitrogens with one attached hydrogen (secondary N) is 1. The summed E-state index contributed by atoms with van der Waals surface area (Å²) in [5.74, 6) is 3.52. The first-order valence-corrected chi connectivity index (χ1v) is 7.04. The third-order valence-corrected chi connectivity index (χ3v) is 4.15. The zero-order valence-electron chi connectivity index (χ0n) is 9.32. The van der Waals surface area contributed by atoms with Gasteiger partial charge in [0.2, 0.25) is 0 Å². The molecule has 1 atom stereocenters. The molecule has 0 radical (unpaired) electrons. The number of imidazole rings is 1. The van der Waals surface area contributed by atoms with Gasteiger partial charge in [-0.2, -0.15) is 11.8 Å². The second kappa shape index (κ2) is 4.77. The van der Waals surface area contributed by atoms with Gasteiger partial charge in [-0.25, -0.2) is 4.98 Å². The van der Waals surface area contributed by atoms with Gasteiger partial charge in [-0.3, -0.25) is 0 Å². The van der Waals surface area contributed by atoms with E-state index in [4.69, 9.17) is 4.74 Å². The summed E-state index contributed by atoms with van der Waals surface area (Å²) < 4.78 is 7.85. The topological polar surface area (TPSA) is 39.1 Å². The summed E-state index contributed by atoms with van der Waals surface area (Å²) in [6.07, 6.45) is 3.07. The first-order valence-electron chi connectivity index (χ1n) is 5.88. The highest BCUT2D eigenvalue weighted by Gasteiger charge is 2.22. The zero-order chi connectivity index (χ0) is 10.8. The van der Waals surface area contributed by atoms with Crippen LogP contribution in [-0.4, -0.2) is 35.1 Å². The molecule has 2 aliphatic heterocycles. The lowest BCUT2D eigenvalue weighted by molar-refractivity contribution is 0.149. The molecule has 1 aromatic rings. The van der Waals surface area contributed by atoms with Crippen molar-refractivity contribution in [3.8, 4) is 0 Å². The van der Waals surface area contributed by atoms with Crippen LogP contribution < -0.4 is 5.32 Å². The summed E-state index contributed by atoms with van der Waals surface area (Å²) in [5.41, 5.74) is 1.37. The molecule has 88 valence electrons. The molecule has 4 nitrogen and oxygen atoms in total. The van der Waals surface area contributed by atoms with Gasteiger partial charge in [-0.1, -0.05) is 0 Å². The quantitative estimate of drug-likeness (QED) is 0.799. The molecule has 0 aromatic carbocycles. The smallest absolute Gasteiger partial charge is 0.126 e. The van der Waals surface area contributed by atoms with Crippen molar-refractivity contribution in [1.29, 1.82) is 0 Å². The van der Waals surface area contributed by atoms with Crippen LogP contribution in [0.2, 0.25) is 0 Å². The van der Waals surface area contributed by atoms with Crippen LogP contribution in [0.3, 0.4) is 0 Å². The number of ether oxygens (including phenoxy) is 1. The molecule has 0 saturated carbocycles.